The summed E-state index contributed by atoms with van der Waals surface area (Å²) in [5, 5.41) is 0. The first-order valence-electron chi connectivity index (χ1n) is 5.73. The second-order valence-corrected chi connectivity index (χ2v) is 3.97. The van der Waals surface area contributed by atoms with Crippen LogP contribution in [0.4, 0.5) is 8.78 Å². The Morgan fingerprint density at radius 1 is 1.06 bits per heavy atom. The van der Waals surface area contributed by atoms with Crippen molar-refractivity contribution in [2.75, 3.05) is 6.61 Å². The zero-order valence-electron chi connectivity index (χ0n) is 9.85. The van der Waals surface area contributed by atoms with Crippen LogP contribution in [-0.2, 0) is 0 Å². The van der Waals surface area contributed by atoms with E-state index in [0.29, 0.717) is 12.2 Å². The lowest BCUT2D eigenvalue weighted by Crippen LogP contribution is -2.02. The predicted molar refractivity (Wildman–Crippen MR) is 60.7 cm³/mol. The molecule has 1 aromatic carbocycles. The zero-order valence-corrected chi connectivity index (χ0v) is 9.85. The van der Waals surface area contributed by atoms with Crippen LogP contribution in [0.5, 0.6) is 5.75 Å². The molecule has 0 aromatic heterocycles. The van der Waals surface area contributed by atoms with E-state index in [9.17, 15) is 8.78 Å². The summed E-state index contributed by atoms with van der Waals surface area (Å²) in [6, 6.07) is 2.56. The van der Waals surface area contributed by atoms with Gasteiger partial charge in [0, 0.05) is 0 Å². The zero-order chi connectivity index (χ0) is 12.0. The predicted octanol–water partition coefficient (Wildman–Crippen LogP) is 4.23. The molecule has 1 nitrogen and oxygen atoms in total. The number of unbranched alkanes of at least 4 members (excludes halogenated alkanes) is 3. The molecule has 0 N–H and O–H groups in total. The van der Waals surface area contributed by atoms with E-state index >= 15 is 0 Å². The maximum Gasteiger partial charge on any atom is 0.190 e. The minimum atomic E-state index is -0.618. The van der Waals surface area contributed by atoms with Gasteiger partial charge in [-0.3, -0.25) is 0 Å². The minimum absolute atomic E-state index is 0.248. The first-order chi connectivity index (χ1) is 7.65. The molecule has 0 amide bonds. The highest BCUT2D eigenvalue weighted by Gasteiger charge is 2.10. The van der Waals surface area contributed by atoms with Crippen LogP contribution in [0.3, 0.4) is 0 Å². The van der Waals surface area contributed by atoms with E-state index in [1.54, 1.807) is 6.92 Å². The molecule has 0 aliphatic rings. The molecule has 0 aliphatic carbocycles. The molecule has 90 valence electrons. The molecular weight excluding hydrogens is 210 g/mol. The summed E-state index contributed by atoms with van der Waals surface area (Å²) in [7, 11) is 0. The van der Waals surface area contributed by atoms with E-state index in [1.807, 2.05) is 0 Å². The Morgan fingerprint density at radius 2 is 1.69 bits per heavy atom. The molecule has 0 fully saturated rings. The highest BCUT2D eigenvalue weighted by Crippen LogP contribution is 2.23. The largest absolute Gasteiger partial charge is 0.488 e. The lowest BCUT2D eigenvalue weighted by atomic mass is 10.2. The molecule has 1 rings (SSSR count). The van der Waals surface area contributed by atoms with Crippen LogP contribution in [0.1, 0.15) is 38.2 Å². The number of rotatable bonds is 6. The molecule has 0 heterocycles. The summed E-state index contributed by atoms with van der Waals surface area (Å²) < 4.78 is 31.8. The molecule has 0 saturated carbocycles. The summed E-state index contributed by atoms with van der Waals surface area (Å²) in [4.78, 5) is 0. The van der Waals surface area contributed by atoms with Gasteiger partial charge < -0.3 is 4.74 Å². The molecule has 0 saturated heterocycles. The monoisotopic (exact) mass is 228 g/mol. The topological polar surface area (TPSA) is 9.23 Å². The maximum absolute atomic E-state index is 13.3. The van der Waals surface area contributed by atoms with E-state index in [4.69, 9.17) is 4.74 Å². The van der Waals surface area contributed by atoms with E-state index in [-0.39, 0.29) is 5.75 Å². The summed E-state index contributed by atoms with van der Waals surface area (Å²) in [5.74, 6) is -1.48. The highest BCUT2D eigenvalue weighted by molar-refractivity contribution is 5.30. The van der Waals surface area contributed by atoms with Gasteiger partial charge in [0.05, 0.1) is 6.61 Å². The van der Waals surface area contributed by atoms with E-state index in [0.717, 1.165) is 25.7 Å². The maximum atomic E-state index is 13.3. The molecule has 0 atom stereocenters. The van der Waals surface area contributed by atoms with Gasteiger partial charge in [0.25, 0.3) is 0 Å². The van der Waals surface area contributed by atoms with Gasteiger partial charge >= 0.3 is 0 Å². The second-order valence-electron chi connectivity index (χ2n) is 3.97. The Morgan fingerprint density at radius 3 is 2.25 bits per heavy atom. The van der Waals surface area contributed by atoms with Crippen LogP contribution in [-0.4, -0.2) is 6.61 Å². The van der Waals surface area contributed by atoms with Crippen molar-refractivity contribution in [2.24, 2.45) is 0 Å². The van der Waals surface area contributed by atoms with Gasteiger partial charge in [0.15, 0.2) is 17.4 Å². The molecule has 1 aromatic rings. The number of hydrogen-bond donors (Lipinski definition) is 0. The minimum Gasteiger partial charge on any atom is -0.488 e. The van der Waals surface area contributed by atoms with Crippen molar-refractivity contribution in [3.8, 4) is 5.75 Å². The summed E-state index contributed by atoms with van der Waals surface area (Å²) in [5.41, 5.74) is 0.563. The van der Waals surface area contributed by atoms with Crippen molar-refractivity contribution in [3.05, 3.63) is 29.3 Å². The number of benzene rings is 1. The summed E-state index contributed by atoms with van der Waals surface area (Å²) in [6.07, 6.45) is 4.13. The second kappa shape index (κ2) is 6.46. The molecule has 16 heavy (non-hydrogen) atoms. The van der Waals surface area contributed by atoms with Crippen LogP contribution in [0.15, 0.2) is 12.1 Å². The molecule has 0 unspecified atom stereocenters. The summed E-state index contributed by atoms with van der Waals surface area (Å²) in [6.45, 7) is 4.13. The number of hydrogen-bond acceptors (Lipinski definition) is 1. The standard InChI is InChI=1S/C13H18F2O/c1-3-4-5-6-7-16-13-11(14)8-10(2)9-12(13)15/h8-9H,3-7H2,1-2H3. The van der Waals surface area contributed by atoms with Gasteiger partial charge in [-0.25, -0.2) is 8.78 Å². The fraction of sp³-hybridized carbons (Fsp3) is 0.538. The normalized spacial score (nSPS) is 10.5. The van der Waals surface area contributed by atoms with Crippen molar-refractivity contribution < 1.29 is 13.5 Å². The van der Waals surface area contributed by atoms with Gasteiger partial charge in [-0.2, -0.15) is 0 Å². The van der Waals surface area contributed by atoms with Gasteiger partial charge in [-0.1, -0.05) is 26.2 Å². The molecule has 0 aliphatic heterocycles. The highest BCUT2D eigenvalue weighted by atomic mass is 19.1. The van der Waals surface area contributed by atoms with Crippen molar-refractivity contribution in [1.29, 1.82) is 0 Å². The van der Waals surface area contributed by atoms with Gasteiger partial charge in [-0.05, 0) is 31.0 Å². The van der Waals surface area contributed by atoms with Gasteiger partial charge in [0.2, 0.25) is 0 Å². The quantitative estimate of drug-likeness (QED) is 0.662. The van der Waals surface area contributed by atoms with Crippen molar-refractivity contribution in [1.82, 2.24) is 0 Å². The first kappa shape index (κ1) is 12.9. The Balaban J connectivity index is 2.47. The summed E-state index contributed by atoms with van der Waals surface area (Å²) >= 11 is 0. The van der Waals surface area contributed by atoms with E-state index in [2.05, 4.69) is 6.92 Å². The molecule has 0 spiro atoms. The third kappa shape index (κ3) is 3.80. The lowest BCUT2D eigenvalue weighted by molar-refractivity contribution is 0.275. The third-order valence-electron chi connectivity index (χ3n) is 2.39. The van der Waals surface area contributed by atoms with Gasteiger partial charge in [0.1, 0.15) is 0 Å². The Bertz CT molecular complexity index is 314. The fourth-order valence-electron chi connectivity index (χ4n) is 1.53. The number of halogens is 2. The molecule has 0 radical (unpaired) electrons. The number of ether oxygens (including phenoxy) is 1. The third-order valence-corrected chi connectivity index (χ3v) is 2.39. The van der Waals surface area contributed by atoms with Crippen LogP contribution < -0.4 is 4.74 Å². The number of aryl methyl sites for hydroxylation is 1. The first-order valence-corrected chi connectivity index (χ1v) is 5.73. The van der Waals surface area contributed by atoms with Crippen molar-refractivity contribution in [3.63, 3.8) is 0 Å². The lowest BCUT2D eigenvalue weighted by Gasteiger charge is -2.08. The van der Waals surface area contributed by atoms with Crippen LogP contribution in [0, 0.1) is 18.6 Å². The smallest absolute Gasteiger partial charge is 0.190 e. The van der Waals surface area contributed by atoms with E-state index in [1.165, 1.54) is 12.1 Å². The fourth-order valence-corrected chi connectivity index (χ4v) is 1.53. The van der Waals surface area contributed by atoms with E-state index < -0.39 is 11.6 Å². The van der Waals surface area contributed by atoms with Crippen LogP contribution >= 0.6 is 0 Å². The molecular formula is C13H18F2O. The Labute approximate surface area is 95.4 Å². The molecule has 0 bridgehead atoms. The Kier molecular flexibility index (Phi) is 5.23. The van der Waals surface area contributed by atoms with Crippen LogP contribution in [0.2, 0.25) is 0 Å². The van der Waals surface area contributed by atoms with Crippen molar-refractivity contribution in [2.45, 2.75) is 39.5 Å². The SMILES string of the molecule is CCCCCCOc1c(F)cc(C)cc1F. The van der Waals surface area contributed by atoms with Crippen LogP contribution in [0.25, 0.3) is 0 Å². The molecule has 3 heteroatoms. The average Bonchev–Trinajstić information content (AvgIpc) is 2.20. The van der Waals surface area contributed by atoms with Crippen molar-refractivity contribution >= 4 is 0 Å². The average molecular weight is 228 g/mol. The van der Waals surface area contributed by atoms with Gasteiger partial charge in [-0.15, -0.1) is 0 Å². The Hall–Kier alpha value is -1.12.